The van der Waals surface area contributed by atoms with Gasteiger partial charge in [0, 0.05) is 5.56 Å². The molecule has 1 saturated carbocycles. The Labute approximate surface area is 186 Å². The molecule has 1 aromatic carbocycles. The molecule has 0 saturated heterocycles. The summed E-state index contributed by atoms with van der Waals surface area (Å²) in [5, 5.41) is 20.2. The first-order chi connectivity index (χ1) is 14.5. The number of hydrogen-bond acceptors (Lipinski definition) is 6. The Morgan fingerprint density at radius 2 is 1.81 bits per heavy atom. The van der Waals surface area contributed by atoms with Crippen molar-refractivity contribution in [3.05, 3.63) is 33.4 Å². The molecule has 1 fully saturated rings. The molecule has 0 aliphatic heterocycles. The fourth-order valence-electron chi connectivity index (χ4n) is 2.76. The predicted molar refractivity (Wildman–Crippen MR) is 104 cm³/mol. The average Bonchev–Trinajstić information content (AvgIpc) is 3.38. The smallest absolute Gasteiger partial charge is 0.343 e. The number of carbonyl (C=O) groups excluding carboxylic acids is 1. The summed E-state index contributed by atoms with van der Waals surface area (Å²) in [7, 11) is -10.1. The maximum absolute atomic E-state index is 13.2. The van der Waals surface area contributed by atoms with Gasteiger partial charge in [0.05, 0.1) is 10.0 Å². The third-order valence-electron chi connectivity index (χ3n) is 4.22. The lowest BCUT2D eigenvalue weighted by Gasteiger charge is -2.40. The van der Waals surface area contributed by atoms with Gasteiger partial charge in [-0.2, -0.15) is 15.8 Å². The Hall–Kier alpha value is -2.76. The Kier molecular flexibility index (Phi) is 5.32. The summed E-state index contributed by atoms with van der Waals surface area (Å²) in [4.78, 5) is 24.5. The summed E-state index contributed by atoms with van der Waals surface area (Å²) in [6.07, 6.45) is 0.177. The Bertz CT molecular complexity index is 1170. The van der Waals surface area contributed by atoms with E-state index in [0.29, 0.717) is 12.8 Å². The minimum Gasteiger partial charge on any atom is -0.481 e. The topological polar surface area (TPSA) is 117 Å². The second-order valence-corrected chi connectivity index (χ2v) is 9.98. The number of anilines is 1. The number of aliphatic carboxylic acids is 1. The van der Waals surface area contributed by atoms with Crippen LogP contribution in [0, 0.1) is 11.3 Å². The molecule has 0 unspecified atom stereocenters. The van der Waals surface area contributed by atoms with Crippen molar-refractivity contribution in [2.24, 2.45) is 0 Å². The maximum Gasteiger partial charge on any atom is 0.343 e. The second-order valence-electron chi connectivity index (χ2n) is 6.76. The molecule has 8 nitrogen and oxygen atoms in total. The Balaban J connectivity index is 2.15. The molecule has 0 spiro atoms. The van der Waals surface area contributed by atoms with Gasteiger partial charge < -0.3 is 9.94 Å². The number of nitrogens with zero attached hydrogens (tertiary/aromatic N) is 3. The average molecular weight is 521 g/mol. The monoisotopic (exact) mass is 520 g/mol. The normalized spacial score (nSPS) is 15.9. The Morgan fingerprint density at radius 1 is 1.25 bits per heavy atom. The van der Waals surface area contributed by atoms with Crippen LogP contribution in [0.25, 0.3) is 5.69 Å². The lowest BCUT2D eigenvalue weighted by molar-refractivity contribution is -0.149. The lowest BCUT2D eigenvalue weighted by Crippen LogP contribution is -2.17. The molecular formula is C16H11Cl2F5N4O4S. The number of carbonyl (C=O) groups is 2. The number of benzene rings is 1. The third kappa shape index (κ3) is 5.00. The number of halogens is 7. The van der Waals surface area contributed by atoms with Gasteiger partial charge in [-0.3, -0.25) is 4.79 Å². The van der Waals surface area contributed by atoms with E-state index >= 15 is 0 Å². The van der Waals surface area contributed by atoms with Crippen molar-refractivity contribution in [1.29, 1.82) is 5.26 Å². The zero-order valence-corrected chi connectivity index (χ0v) is 17.7. The van der Waals surface area contributed by atoms with Crippen LogP contribution in [0.1, 0.15) is 36.4 Å². The van der Waals surface area contributed by atoms with E-state index in [1.165, 1.54) is 0 Å². The van der Waals surface area contributed by atoms with Crippen LogP contribution in [0.15, 0.2) is 17.0 Å². The highest BCUT2D eigenvalue weighted by molar-refractivity contribution is 8.45. The van der Waals surface area contributed by atoms with Gasteiger partial charge in [0.25, 0.3) is 0 Å². The first-order valence-electron chi connectivity index (χ1n) is 8.46. The maximum atomic E-state index is 13.2. The summed E-state index contributed by atoms with van der Waals surface area (Å²) in [6.45, 7) is 0. The summed E-state index contributed by atoms with van der Waals surface area (Å²) in [5.74, 6) is -3.21. The van der Waals surface area contributed by atoms with Crippen LogP contribution in [-0.4, -0.2) is 26.8 Å². The first kappa shape index (κ1) is 23.9. The number of hydrogen-bond donors (Lipinski definition) is 2. The number of nitrogens with one attached hydrogen (secondary N) is 1. The molecule has 174 valence electrons. The standard InChI is InChI=1S/C16H11Cl2F5N4O4S/c17-9-3-8(32(19,20,21,22)23)4-10(18)15(9)27-16(26-31-13(30)5-12(28)29)14(7-1-2-7)11(6-24)25-27/h3-4,7,26H,1-2,5H2,(H,28,29). The molecular weight excluding hydrogens is 510 g/mol. The van der Waals surface area contributed by atoms with Gasteiger partial charge in [0.1, 0.15) is 23.1 Å². The van der Waals surface area contributed by atoms with Crippen LogP contribution in [-0.2, 0) is 14.4 Å². The SMILES string of the molecule is N#Cc1nn(-c2c(Cl)cc(S(F)(F)(F)(F)F)cc2Cl)c(NOC(=O)CC(=O)O)c1C1CC1. The van der Waals surface area contributed by atoms with Gasteiger partial charge in [-0.25, -0.2) is 9.48 Å². The third-order valence-corrected chi connectivity index (χ3v) is 5.92. The number of carboxylic acid groups (broad SMARTS) is 1. The molecule has 0 radical (unpaired) electrons. The molecule has 0 atom stereocenters. The molecule has 3 rings (SSSR count). The van der Waals surface area contributed by atoms with Gasteiger partial charge in [-0.15, -0.1) is 0 Å². The highest BCUT2D eigenvalue weighted by Gasteiger charge is 2.65. The van der Waals surface area contributed by atoms with E-state index in [2.05, 4.69) is 15.4 Å². The molecule has 1 aliphatic rings. The van der Waals surface area contributed by atoms with Crippen molar-refractivity contribution < 1.29 is 39.0 Å². The zero-order chi connectivity index (χ0) is 24.1. The number of aromatic nitrogens is 2. The molecule has 0 bridgehead atoms. The van der Waals surface area contributed by atoms with Crippen LogP contribution in [0.5, 0.6) is 0 Å². The molecule has 1 aromatic heterocycles. The molecule has 2 N–H and O–H groups in total. The van der Waals surface area contributed by atoms with Crippen molar-refractivity contribution in [3.63, 3.8) is 0 Å². The summed E-state index contributed by atoms with van der Waals surface area (Å²) in [5.41, 5.74) is 1.62. The van der Waals surface area contributed by atoms with Crippen LogP contribution >= 0.6 is 33.4 Å². The van der Waals surface area contributed by atoms with Gasteiger partial charge in [-0.05, 0) is 30.9 Å². The van der Waals surface area contributed by atoms with Crippen molar-refractivity contribution in [2.75, 3.05) is 5.48 Å². The molecule has 0 amide bonds. The van der Waals surface area contributed by atoms with Crippen LogP contribution in [0.3, 0.4) is 0 Å². The van der Waals surface area contributed by atoms with Crippen LogP contribution in [0.4, 0.5) is 25.2 Å². The van der Waals surface area contributed by atoms with Gasteiger partial charge in [0.2, 0.25) is 0 Å². The van der Waals surface area contributed by atoms with Crippen molar-refractivity contribution >= 4 is 51.2 Å². The minimum absolute atomic E-state index is 0.0327. The van der Waals surface area contributed by atoms with Crippen molar-refractivity contribution in [2.45, 2.75) is 30.1 Å². The summed E-state index contributed by atoms with van der Waals surface area (Å²) < 4.78 is 66.6. The van der Waals surface area contributed by atoms with Gasteiger partial charge >= 0.3 is 22.2 Å². The van der Waals surface area contributed by atoms with E-state index in [9.17, 15) is 34.3 Å². The molecule has 16 heteroatoms. The zero-order valence-electron chi connectivity index (χ0n) is 15.4. The minimum atomic E-state index is -10.1. The Morgan fingerprint density at radius 3 is 2.25 bits per heavy atom. The van der Waals surface area contributed by atoms with E-state index in [0.717, 1.165) is 4.68 Å². The highest BCUT2D eigenvalue weighted by atomic mass is 35.5. The van der Waals surface area contributed by atoms with Crippen LogP contribution in [0.2, 0.25) is 10.0 Å². The predicted octanol–water partition coefficient (Wildman–Crippen LogP) is 5.93. The summed E-state index contributed by atoms with van der Waals surface area (Å²) >= 11 is 11.7. The van der Waals surface area contributed by atoms with E-state index in [1.807, 2.05) is 0 Å². The second kappa shape index (κ2) is 7.12. The van der Waals surface area contributed by atoms with E-state index in [-0.39, 0.29) is 35.1 Å². The van der Waals surface area contributed by atoms with Crippen LogP contribution < -0.4 is 5.48 Å². The number of nitriles is 1. The number of rotatable bonds is 7. The first-order valence-corrected chi connectivity index (χ1v) is 11.2. The molecule has 2 aromatic rings. The van der Waals surface area contributed by atoms with Gasteiger partial charge in [0.15, 0.2) is 11.5 Å². The highest BCUT2D eigenvalue weighted by Crippen LogP contribution is 3.02. The largest absolute Gasteiger partial charge is 0.481 e. The van der Waals surface area contributed by atoms with E-state index in [4.69, 9.17) is 28.3 Å². The van der Waals surface area contributed by atoms with Crippen molar-refractivity contribution in [3.8, 4) is 11.8 Å². The fraction of sp³-hybridized carbons (Fsp3) is 0.250. The van der Waals surface area contributed by atoms with Crippen molar-refractivity contribution in [1.82, 2.24) is 9.78 Å². The fourth-order valence-corrected chi connectivity index (χ4v) is 4.22. The molecule has 1 aliphatic carbocycles. The van der Waals surface area contributed by atoms with E-state index < -0.39 is 49.2 Å². The quantitative estimate of drug-likeness (QED) is 0.264. The summed E-state index contributed by atoms with van der Waals surface area (Å²) in [6, 6.07) is 1.70. The lowest BCUT2D eigenvalue weighted by atomic mass is 10.1. The van der Waals surface area contributed by atoms with E-state index in [1.54, 1.807) is 6.07 Å². The van der Waals surface area contributed by atoms with Gasteiger partial charge in [-0.1, -0.05) is 42.6 Å². The molecule has 1 heterocycles. The number of carboxylic acids is 1. The molecule has 32 heavy (non-hydrogen) atoms.